The number of pyridine rings is 1. The first-order valence-corrected chi connectivity index (χ1v) is 13.0. The number of hydrogen-bond donors (Lipinski definition) is 1. The summed E-state index contributed by atoms with van der Waals surface area (Å²) in [5.41, 5.74) is 6.31. The maximum Gasteiger partial charge on any atom is 0.253 e. The van der Waals surface area contributed by atoms with Gasteiger partial charge in [-0.05, 0) is 73.5 Å². The van der Waals surface area contributed by atoms with Crippen molar-refractivity contribution >= 4 is 11.6 Å². The van der Waals surface area contributed by atoms with Crippen molar-refractivity contribution in [3.05, 3.63) is 84.2 Å². The molecule has 0 radical (unpaired) electrons. The van der Waals surface area contributed by atoms with Gasteiger partial charge in [-0.25, -0.2) is 4.98 Å². The second kappa shape index (κ2) is 10.2. The van der Waals surface area contributed by atoms with Crippen LogP contribution in [0.5, 0.6) is 0 Å². The van der Waals surface area contributed by atoms with E-state index in [4.69, 9.17) is 5.26 Å². The van der Waals surface area contributed by atoms with Crippen LogP contribution in [0.4, 0.5) is 0 Å². The third-order valence-electron chi connectivity index (χ3n) is 7.71. The van der Waals surface area contributed by atoms with Gasteiger partial charge in [0.2, 0.25) is 0 Å². The fourth-order valence-electron chi connectivity index (χ4n) is 5.53. The predicted molar refractivity (Wildman–Crippen MR) is 144 cm³/mol. The van der Waals surface area contributed by atoms with Crippen LogP contribution in [-0.4, -0.2) is 70.4 Å². The van der Waals surface area contributed by atoms with Crippen LogP contribution < -0.4 is 5.32 Å². The predicted octanol–water partition coefficient (Wildman–Crippen LogP) is 4.05. The van der Waals surface area contributed by atoms with E-state index >= 15 is 0 Å². The van der Waals surface area contributed by atoms with Gasteiger partial charge in [0.05, 0.1) is 23.5 Å². The zero-order chi connectivity index (χ0) is 25.2. The molecule has 4 heterocycles. The van der Waals surface area contributed by atoms with Gasteiger partial charge in [0.25, 0.3) is 5.91 Å². The van der Waals surface area contributed by atoms with E-state index in [2.05, 4.69) is 37.9 Å². The van der Waals surface area contributed by atoms with Gasteiger partial charge in [-0.1, -0.05) is 24.3 Å². The number of carbonyl (C=O) groups excluding carboxylic acids is 1. The second-order valence-corrected chi connectivity index (χ2v) is 9.87. The molecule has 0 aliphatic carbocycles. The van der Waals surface area contributed by atoms with Crippen molar-refractivity contribution in [3.63, 3.8) is 0 Å². The van der Waals surface area contributed by atoms with E-state index in [1.807, 2.05) is 65.7 Å². The Morgan fingerprint density at radius 3 is 2.24 bits per heavy atom. The Hall–Kier alpha value is -3.99. The lowest BCUT2D eigenvalue weighted by Gasteiger charge is -2.40. The molecule has 2 saturated heterocycles. The highest BCUT2D eigenvalue weighted by molar-refractivity contribution is 5.94. The molecule has 6 rings (SSSR count). The maximum atomic E-state index is 13.2. The molecule has 4 aromatic rings. The van der Waals surface area contributed by atoms with Crippen molar-refractivity contribution in [1.29, 1.82) is 5.26 Å². The van der Waals surface area contributed by atoms with Gasteiger partial charge >= 0.3 is 0 Å². The number of benzene rings is 2. The molecule has 7 heteroatoms. The van der Waals surface area contributed by atoms with Crippen LogP contribution in [0.15, 0.2) is 73.1 Å². The number of nitriles is 1. The van der Waals surface area contributed by atoms with Crippen LogP contribution in [0.25, 0.3) is 28.0 Å². The maximum absolute atomic E-state index is 13.2. The lowest BCUT2D eigenvalue weighted by molar-refractivity contribution is 0.0532. The number of piperidine rings is 1. The highest BCUT2D eigenvalue weighted by Gasteiger charge is 2.27. The lowest BCUT2D eigenvalue weighted by Crippen LogP contribution is -2.53. The van der Waals surface area contributed by atoms with E-state index in [-0.39, 0.29) is 5.91 Å². The fourth-order valence-corrected chi connectivity index (χ4v) is 5.53. The summed E-state index contributed by atoms with van der Waals surface area (Å²) in [6.07, 6.45) is 6.34. The van der Waals surface area contributed by atoms with Gasteiger partial charge in [0, 0.05) is 49.5 Å². The highest BCUT2D eigenvalue weighted by atomic mass is 16.2. The zero-order valence-corrected chi connectivity index (χ0v) is 20.8. The molecule has 7 nitrogen and oxygen atoms in total. The number of carbonyl (C=O) groups is 1. The largest absolute Gasteiger partial charge is 0.336 e. The first-order valence-electron chi connectivity index (χ1n) is 13.0. The Bertz CT molecular complexity index is 1440. The summed E-state index contributed by atoms with van der Waals surface area (Å²) in [6.45, 7) is 5.70. The summed E-state index contributed by atoms with van der Waals surface area (Å²) in [5, 5.41) is 12.5. The number of piperazine rings is 1. The Morgan fingerprint density at radius 2 is 1.54 bits per heavy atom. The average molecular weight is 491 g/mol. The topological polar surface area (TPSA) is 76.7 Å². The molecule has 2 aliphatic heterocycles. The van der Waals surface area contributed by atoms with E-state index in [0.717, 1.165) is 72.9 Å². The molecular formula is C30H30N6O. The third-order valence-corrected chi connectivity index (χ3v) is 7.71. The molecule has 0 spiro atoms. The van der Waals surface area contributed by atoms with Crippen LogP contribution in [0.1, 0.15) is 28.8 Å². The molecular weight excluding hydrogens is 460 g/mol. The highest BCUT2D eigenvalue weighted by Crippen LogP contribution is 2.26. The smallest absolute Gasteiger partial charge is 0.253 e. The standard InChI is InChI=1S/C30H30N6O/c31-19-22-1-3-24(4-2-22)28-20-33-29-10-9-26(21-36(28)29)23-5-7-25(8-6-23)30(37)35-17-15-34(16-18-35)27-11-13-32-14-12-27/h1-10,20-21,27,32H,11-18H2. The molecule has 2 aromatic heterocycles. The molecule has 2 aliphatic rings. The van der Waals surface area contributed by atoms with E-state index in [0.29, 0.717) is 11.6 Å². The minimum atomic E-state index is 0.115. The second-order valence-electron chi connectivity index (χ2n) is 9.87. The number of nitrogens with one attached hydrogen (secondary N) is 1. The number of rotatable bonds is 4. The van der Waals surface area contributed by atoms with E-state index in [9.17, 15) is 4.79 Å². The van der Waals surface area contributed by atoms with Crippen molar-refractivity contribution < 1.29 is 4.79 Å². The molecule has 37 heavy (non-hydrogen) atoms. The van der Waals surface area contributed by atoms with Gasteiger partial charge in [0.15, 0.2) is 0 Å². The van der Waals surface area contributed by atoms with E-state index < -0.39 is 0 Å². The van der Waals surface area contributed by atoms with Crippen molar-refractivity contribution in [2.75, 3.05) is 39.3 Å². The Labute approximate surface area is 217 Å². The summed E-state index contributed by atoms with van der Waals surface area (Å²) in [7, 11) is 0. The van der Waals surface area contributed by atoms with Crippen molar-refractivity contribution in [2.45, 2.75) is 18.9 Å². The monoisotopic (exact) mass is 490 g/mol. The normalized spacial score (nSPS) is 17.1. The summed E-state index contributed by atoms with van der Waals surface area (Å²) in [6, 6.07) is 22.3. The molecule has 2 aromatic carbocycles. The van der Waals surface area contributed by atoms with Crippen LogP contribution in [-0.2, 0) is 0 Å². The van der Waals surface area contributed by atoms with E-state index in [1.54, 1.807) is 0 Å². The van der Waals surface area contributed by atoms with Gasteiger partial charge in [-0.2, -0.15) is 5.26 Å². The Balaban J connectivity index is 1.16. The molecule has 0 atom stereocenters. The number of amides is 1. The van der Waals surface area contributed by atoms with Crippen LogP contribution in [0.3, 0.4) is 0 Å². The number of nitrogens with zero attached hydrogens (tertiary/aromatic N) is 5. The van der Waals surface area contributed by atoms with Crippen LogP contribution in [0, 0.1) is 11.3 Å². The molecule has 1 amide bonds. The molecule has 0 unspecified atom stereocenters. The van der Waals surface area contributed by atoms with Gasteiger partial charge in [-0.15, -0.1) is 0 Å². The minimum absolute atomic E-state index is 0.115. The SMILES string of the molecule is N#Cc1ccc(-c2cnc3ccc(-c4ccc(C(=O)N5CCN(C6CCNCC6)CC5)cc4)cn23)cc1. The van der Waals surface area contributed by atoms with Crippen molar-refractivity contribution in [3.8, 4) is 28.5 Å². The molecule has 2 fully saturated rings. The summed E-state index contributed by atoms with van der Waals surface area (Å²) in [4.78, 5) is 22.3. The van der Waals surface area contributed by atoms with Crippen molar-refractivity contribution in [2.24, 2.45) is 0 Å². The van der Waals surface area contributed by atoms with Gasteiger partial charge in [-0.3, -0.25) is 14.1 Å². The minimum Gasteiger partial charge on any atom is -0.336 e. The Kier molecular flexibility index (Phi) is 6.44. The number of hydrogen-bond acceptors (Lipinski definition) is 5. The summed E-state index contributed by atoms with van der Waals surface area (Å²) >= 11 is 0. The fraction of sp³-hybridized carbons (Fsp3) is 0.300. The van der Waals surface area contributed by atoms with Crippen LogP contribution >= 0.6 is 0 Å². The quantitative estimate of drug-likeness (QED) is 0.467. The zero-order valence-electron chi connectivity index (χ0n) is 20.8. The molecule has 0 bridgehead atoms. The first-order chi connectivity index (χ1) is 18.2. The molecule has 186 valence electrons. The molecule has 1 N–H and O–H groups in total. The summed E-state index contributed by atoms with van der Waals surface area (Å²) in [5.74, 6) is 0.115. The van der Waals surface area contributed by atoms with Gasteiger partial charge in [0.1, 0.15) is 5.65 Å². The average Bonchev–Trinajstić information content (AvgIpc) is 3.41. The Morgan fingerprint density at radius 1 is 0.865 bits per heavy atom. The number of fused-ring (bicyclic) bond motifs is 1. The summed E-state index contributed by atoms with van der Waals surface area (Å²) < 4.78 is 2.07. The lowest BCUT2D eigenvalue weighted by atomic mass is 10.0. The first kappa shape index (κ1) is 23.4. The number of imidazole rings is 1. The van der Waals surface area contributed by atoms with E-state index in [1.165, 1.54) is 12.8 Å². The number of aromatic nitrogens is 2. The van der Waals surface area contributed by atoms with Crippen molar-refractivity contribution in [1.82, 2.24) is 24.5 Å². The van der Waals surface area contributed by atoms with Gasteiger partial charge < -0.3 is 10.2 Å². The van der Waals surface area contributed by atoms with Crippen LogP contribution in [0.2, 0.25) is 0 Å². The molecule has 0 saturated carbocycles. The third kappa shape index (κ3) is 4.74.